The highest BCUT2D eigenvalue weighted by Gasteiger charge is 2.18. The zero-order valence-corrected chi connectivity index (χ0v) is 12.8. The van der Waals surface area contributed by atoms with E-state index in [0.29, 0.717) is 11.6 Å². The largest absolute Gasteiger partial charge is 0.392 e. The van der Waals surface area contributed by atoms with Gasteiger partial charge in [0.1, 0.15) is 5.82 Å². The van der Waals surface area contributed by atoms with Gasteiger partial charge in [-0.25, -0.2) is 4.39 Å². The van der Waals surface area contributed by atoms with Gasteiger partial charge in [0.05, 0.1) is 6.10 Å². The van der Waals surface area contributed by atoms with E-state index in [-0.39, 0.29) is 17.3 Å². The molecule has 108 valence electrons. The number of hydrogen-bond acceptors (Lipinski definition) is 2. The first-order valence-electron chi connectivity index (χ1n) is 6.55. The van der Waals surface area contributed by atoms with Crippen molar-refractivity contribution in [1.82, 2.24) is 5.32 Å². The molecule has 0 aliphatic heterocycles. The quantitative estimate of drug-likeness (QED) is 0.860. The minimum atomic E-state index is -0.401. The van der Waals surface area contributed by atoms with Crippen LogP contribution in [0.3, 0.4) is 0 Å². The molecule has 19 heavy (non-hydrogen) atoms. The highest BCUT2D eigenvalue weighted by molar-refractivity contribution is 6.31. The van der Waals surface area contributed by atoms with Gasteiger partial charge in [-0.2, -0.15) is 0 Å². The van der Waals surface area contributed by atoms with Gasteiger partial charge in [0.2, 0.25) is 0 Å². The standard InChI is InChI=1S/C15H23ClFNO/c1-10(13-6-5-11(17)7-14(13)16)18-9-12(19)8-15(2,3)4/h5-7,10,12,18-19H,8-9H2,1-4H3. The summed E-state index contributed by atoms with van der Waals surface area (Å²) in [6.45, 7) is 8.72. The van der Waals surface area contributed by atoms with Gasteiger partial charge in [-0.3, -0.25) is 0 Å². The molecule has 4 heteroatoms. The number of aliphatic hydroxyl groups is 1. The Morgan fingerprint density at radius 3 is 2.53 bits per heavy atom. The van der Waals surface area contributed by atoms with E-state index >= 15 is 0 Å². The molecule has 0 aliphatic rings. The van der Waals surface area contributed by atoms with Gasteiger partial charge in [0.15, 0.2) is 0 Å². The summed E-state index contributed by atoms with van der Waals surface area (Å²) in [6.07, 6.45) is 0.325. The fourth-order valence-corrected chi connectivity index (χ4v) is 2.39. The molecule has 0 bridgehead atoms. The minimum Gasteiger partial charge on any atom is -0.392 e. The van der Waals surface area contributed by atoms with Crippen molar-refractivity contribution in [3.63, 3.8) is 0 Å². The smallest absolute Gasteiger partial charge is 0.124 e. The van der Waals surface area contributed by atoms with Crippen LogP contribution in [-0.4, -0.2) is 17.8 Å². The molecule has 0 aromatic heterocycles. The normalized spacial score (nSPS) is 15.3. The van der Waals surface area contributed by atoms with E-state index < -0.39 is 6.10 Å². The van der Waals surface area contributed by atoms with E-state index in [4.69, 9.17) is 11.6 Å². The fraction of sp³-hybridized carbons (Fsp3) is 0.600. The van der Waals surface area contributed by atoms with Gasteiger partial charge < -0.3 is 10.4 Å². The maximum Gasteiger partial charge on any atom is 0.124 e. The summed E-state index contributed by atoms with van der Waals surface area (Å²) in [4.78, 5) is 0. The van der Waals surface area contributed by atoms with Gasteiger partial charge in [-0.15, -0.1) is 0 Å². The third-order valence-corrected chi connectivity index (χ3v) is 3.26. The summed E-state index contributed by atoms with van der Waals surface area (Å²) in [5.74, 6) is -0.339. The van der Waals surface area contributed by atoms with Crippen molar-refractivity contribution in [3.8, 4) is 0 Å². The zero-order valence-electron chi connectivity index (χ0n) is 12.0. The molecule has 0 radical (unpaired) electrons. The van der Waals surface area contributed by atoms with E-state index in [1.165, 1.54) is 12.1 Å². The Kier molecular flexibility index (Phi) is 5.78. The summed E-state index contributed by atoms with van der Waals surface area (Å²) < 4.78 is 13.0. The predicted molar refractivity (Wildman–Crippen MR) is 77.9 cm³/mol. The maximum atomic E-state index is 13.0. The first-order valence-corrected chi connectivity index (χ1v) is 6.93. The molecular weight excluding hydrogens is 265 g/mol. The molecule has 1 aromatic rings. The van der Waals surface area contributed by atoms with E-state index in [1.54, 1.807) is 6.07 Å². The fourth-order valence-electron chi connectivity index (χ4n) is 2.05. The van der Waals surface area contributed by atoms with Gasteiger partial charge >= 0.3 is 0 Å². The summed E-state index contributed by atoms with van der Waals surface area (Å²) in [6, 6.07) is 4.35. The monoisotopic (exact) mass is 287 g/mol. The van der Waals surface area contributed by atoms with Crippen LogP contribution in [0.5, 0.6) is 0 Å². The Morgan fingerprint density at radius 2 is 2.00 bits per heavy atom. The molecule has 1 rings (SSSR count). The highest BCUT2D eigenvalue weighted by Crippen LogP contribution is 2.24. The number of rotatable bonds is 5. The average molecular weight is 288 g/mol. The summed E-state index contributed by atoms with van der Waals surface area (Å²) in [5, 5.41) is 13.6. The van der Waals surface area contributed by atoms with Crippen LogP contribution in [0.2, 0.25) is 5.02 Å². The van der Waals surface area contributed by atoms with Crippen molar-refractivity contribution >= 4 is 11.6 Å². The third kappa shape index (κ3) is 5.89. The van der Waals surface area contributed by atoms with Gasteiger partial charge in [-0.05, 0) is 36.5 Å². The van der Waals surface area contributed by atoms with Crippen molar-refractivity contribution in [2.45, 2.75) is 46.3 Å². The van der Waals surface area contributed by atoms with Crippen LogP contribution in [0, 0.1) is 11.2 Å². The van der Waals surface area contributed by atoms with Crippen molar-refractivity contribution in [2.75, 3.05) is 6.54 Å². The molecule has 0 fully saturated rings. The Morgan fingerprint density at radius 1 is 1.37 bits per heavy atom. The second-order valence-corrected chi connectivity index (χ2v) is 6.62. The molecule has 0 amide bonds. The molecule has 0 saturated carbocycles. The Labute approximate surface area is 120 Å². The van der Waals surface area contributed by atoms with Gasteiger partial charge in [-0.1, -0.05) is 38.4 Å². The van der Waals surface area contributed by atoms with Crippen LogP contribution < -0.4 is 5.32 Å². The van der Waals surface area contributed by atoms with Gasteiger partial charge in [0.25, 0.3) is 0 Å². The minimum absolute atomic E-state index is 0.0253. The van der Waals surface area contributed by atoms with E-state index in [0.717, 1.165) is 12.0 Å². The maximum absolute atomic E-state index is 13.0. The summed E-state index contributed by atoms with van der Waals surface area (Å²) in [7, 11) is 0. The molecule has 2 unspecified atom stereocenters. The Bertz CT molecular complexity index is 417. The van der Waals surface area contributed by atoms with E-state index in [2.05, 4.69) is 26.1 Å². The Balaban J connectivity index is 2.53. The molecular formula is C15H23ClFNO. The predicted octanol–water partition coefficient (Wildman–Crippen LogP) is 3.93. The summed E-state index contributed by atoms with van der Waals surface area (Å²) >= 11 is 6.00. The summed E-state index contributed by atoms with van der Waals surface area (Å²) in [5.41, 5.74) is 0.934. The average Bonchev–Trinajstić information content (AvgIpc) is 2.23. The zero-order chi connectivity index (χ0) is 14.6. The first kappa shape index (κ1) is 16.4. The molecule has 0 aliphatic carbocycles. The number of benzene rings is 1. The van der Waals surface area contributed by atoms with Crippen molar-refractivity contribution in [3.05, 3.63) is 34.6 Å². The number of aliphatic hydroxyl groups excluding tert-OH is 1. The van der Waals surface area contributed by atoms with Crippen molar-refractivity contribution in [1.29, 1.82) is 0 Å². The molecule has 2 N–H and O–H groups in total. The number of hydrogen-bond donors (Lipinski definition) is 2. The lowest BCUT2D eigenvalue weighted by Gasteiger charge is -2.24. The molecule has 0 heterocycles. The lowest BCUT2D eigenvalue weighted by atomic mass is 9.89. The topological polar surface area (TPSA) is 32.3 Å². The Hall–Kier alpha value is -0.640. The van der Waals surface area contributed by atoms with Crippen LogP contribution in [0.25, 0.3) is 0 Å². The SMILES string of the molecule is CC(NCC(O)CC(C)(C)C)c1ccc(F)cc1Cl. The van der Waals surface area contributed by atoms with Crippen LogP contribution in [-0.2, 0) is 0 Å². The van der Waals surface area contributed by atoms with Crippen LogP contribution in [0.15, 0.2) is 18.2 Å². The highest BCUT2D eigenvalue weighted by atomic mass is 35.5. The van der Waals surface area contributed by atoms with Crippen LogP contribution in [0.4, 0.5) is 4.39 Å². The van der Waals surface area contributed by atoms with Crippen LogP contribution >= 0.6 is 11.6 Å². The van der Waals surface area contributed by atoms with Crippen molar-refractivity contribution < 1.29 is 9.50 Å². The van der Waals surface area contributed by atoms with Crippen LogP contribution in [0.1, 0.15) is 45.7 Å². The molecule has 2 atom stereocenters. The molecule has 2 nitrogen and oxygen atoms in total. The van der Waals surface area contributed by atoms with E-state index in [1.807, 2.05) is 6.92 Å². The van der Waals surface area contributed by atoms with E-state index in [9.17, 15) is 9.50 Å². The molecule has 0 saturated heterocycles. The third-order valence-electron chi connectivity index (χ3n) is 2.94. The molecule has 1 aromatic carbocycles. The molecule has 0 spiro atoms. The first-order chi connectivity index (χ1) is 8.69. The lowest BCUT2D eigenvalue weighted by Crippen LogP contribution is -2.31. The van der Waals surface area contributed by atoms with Gasteiger partial charge in [0, 0.05) is 17.6 Å². The van der Waals surface area contributed by atoms with Crippen molar-refractivity contribution in [2.24, 2.45) is 5.41 Å². The second kappa shape index (κ2) is 6.69. The lowest BCUT2D eigenvalue weighted by molar-refractivity contribution is 0.117. The number of halogens is 2. The number of nitrogens with one attached hydrogen (secondary N) is 1. The second-order valence-electron chi connectivity index (χ2n) is 6.21.